The van der Waals surface area contributed by atoms with E-state index in [1.165, 1.54) is 15.9 Å². The second kappa shape index (κ2) is 9.60. The Balaban J connectivity index is 1.34. The number of carbonyl (C=O) groups excluding carboxylic acids is 3. The molecule has 0 bridgehead atoms. The predicted octanol–water partition coefficient (Wildman–Crippen LogP) is 3.27. The quantitative estimate of drug-likeness (QED) is 0.588. The van der Waals surface area contributed by atoms with Gasteiger partial charge in [-0.2, -0.15) is 0 Å². The minimum atomic E-state index is -0.725. The lowest BCUT2D eigenvalue weighted by Crippen LogP contribution is -2.54. The summed E-state index contributed by atoms with van der Waals surface area (Å²) >= 11 is 0. The number of anilines is 1. The van der Waals surface area contributed by atoms with E-state index in [1.54, 1.807) is 36.4 Å². The highest BCUT2D eigenvalue weighted by atomic mass is 19.1. The maximum Gasteiger partial charge on any atom is 0.316 e. The molecule has 0 atom stereocenters. The fourth-order valence-corrected chi connectivity index (χ4v) is 3.60. The number of halogens is 2. The summed E-state index contributed by atoms with van der Waals surface area (Å²) in [4.78, 5) is 40.4. The van der Waals surface area contributed by atoms with Crippen molar-refractivity contribution < 1.29 is 23.2 Å². The van der Waals surface area contributed by atoms with Gasteiger partial charge in [0.25, 0.3) is 5.91 Å². The van der Waals surface area contributed by atoms with Crippen LogP contribution >= 0.6 is 0 Å². The third kappa shape index (κ3) is 5.06. The summed E-state index contributed by atoms with van der Waals surface area (Å²) in [5.74, 6) is -2.96. The number of benzene rings is 3. The third-order valence-corrected chi connectivity index (χ3v) is 5.42. The van der Waals surface area contributed by atoms with Crippen LogP contribution in [0.25, 0.3) is 0 Å². The maximum absolute atomic E-state index is 13.7. The van der Waals surface area contributed by atoms with E-state index in [0.29, 0.717) is 24.3 Å². The van der Waals surface area contributed by atoms with E-state index in [4.69, 9.17) is 0 Å². The second-order valence-electron chi connectivity index (χ2n) is 7.63. The summed E-state index contributed by atoms with van der Waals surface area (Å²) in [7, 11) is 0. The zero-order valence-corrected chi connectivity index (χ0v) is 17.6. The molecule has 0 aliphatic carbocycles. The SMILES string of the molecule is O=C(NCc1ccc(F)cc1F)c1ccc(CN2CCN(c3ccccc3)C(=O)C2=O)cc1. The van der Waals surface area contributed by atoms with Crippen LogP contribution in [0.2, 0.25) is 0 Å². The normalized spacial score (nSPS) is 13.9. The van der Waals surface area contributed by atoms with Crippen molar-refractivity contribution >= 4 is 23.4 Å². The van der Waals surface area contributed by atoms with Crippen molar-refractivity contribution in [3.8, 4) is 0 Å². The minimum absolute atomic E-state index is 0.0744. The van der Waals surface area contributed by atoms with E-state index in [0.717, 1.165) is 17.7 Å². The number of rotatable bonds is 6. The maximum atomic E-state index is 13.7. The fourth-order valence-electron chi connectivity index (χ4n) is 3.60. The standard InChI is InChI=1S/C25H21F2N3O3/c26-20-11-10-19(22(27)14-20)15-28-23(31)18-8-6-17(7-9-18)16-29-12-13-30(25(33)24(29)32)21-4-2-1-3-5-21/h1-11,14H,12-13,15-16H2,(H,28,31). The molecule has 0 radical (unpaired) electrons. The van der Waals surface area contributed by atoms with Crippen molar-refractivity contribution in [1.82, 2.24) is 10.2 Å². The van der Waals surface area contributed by atoms with Crippen molar-refractivity contribution in [3.05, 3.63) is 101 Å². The van der Waals surface area contributed by atoms with Gasteiger partial charge >= 0.3 is 11.8 Å². The summed E-state index contributed by atoms with van der Waals surface area (Å²) < 4.78 is 26.7. The molecule has 1 aliphatic rings. The van der Waals surface area contributed by atoms with Gasteiger partial charge < -0.3 is 15.1 Å². The molecule has 6 nitrogen and oxygen atoms in total. The highest BCUT2D eigenvalue weighted by Crippen LogP contribution is 2.19. The second-order valence-corrected chi connectivity index (χ2v) is 7.63. The smallest absolute Gasteiger partial charge is 0.316 e. The number of para-hydroxylation sites is 1. The monoisotopic (exact) mass is 449 g/mol. The third-order valence-electron chi connectivity index (χ3n) is 5.42. The first-order valence-electron chi connectivity index (χ1n) is 10.4. The number of nitrogens with zero attached hydrogens (tertiary/aromatic N) is 2. The molecular weight excluding hydrogens is 428 g/mol. The predicted molar refractivity (Wildman–Crippen MR) is 118 cm³/mol. The van der Waals surface area contributed by atoms with Crippen LogP contribution in [0, 0.1) is 11.6 Å². The molecule has 0 spiro atoms. The first-order chi connectivity index (χ1) is 15.9. The largest absolute Gasteiger partial charge is 0.348 e. The molecule has 4 rings (SSSR count). The lowest BCUT2D eigenvalue weighted by molar-refractivity contribution is -0.146. The van der Waals surface area contributed by atoms with E-state index in [2.05, 4.69) is 5.32 Å². The molecule has 33 heavy (non-hydrogen) atoms. The highest BCUT2D eigenvalue weighted by molar-refractivity contribution is 6.40. The molecule has 1 fully saturated rings. The van der Waals surface area contributed by atoms with Gasteiger partial charge in [0, 0.05) is 49.1 Å². The van der Waals surface area contributed by atoms with Crippen LogP contribution in [-0.2, 0) is 22.7 Å². The van der Waals surface area contributed by atoms with E-state index in [-0.39, 0.29) is 18.7 Å². The molecule has 3 aromatic rings. The summed E-state index contributed by atoms with van der Waals surface area (Å²) in [5.41, 5.74) is 1.99. The van der Waals surface area contributed by atoms with Gasteiger partial charge in [0.2, 0.25) is 0 Å². The van der Waals surface area contributed by atoms with Gasteiger partial charge in [0.05, 0.1) is 0 Å². The average Bonchev–Trinajstić information content (AvgIpc) is 2.82. The van der Waals surface area contributed by atoms with Crippen molar-refractivity contribution in [1.29, 1.82) is 0 Å². The van der Waals surface area contributed by atoms with Gasteiger partial charge in [0.15, 0.2) is 0 Å². The van der Waals surface area contributed by atoms with Crippen molar-refractivity contribution in [2.24, 2.45) is 0 Å². The van der Waals surface area contributed by atoms with Crippen molar-refractivity contribution in [3.63, 3.8) is 0 Å². The van der Waals surface area contributed by atoms with Gasteiger partial charge in [-0.25, -0.2) is 8.78 Å². The van der Waals surface area contributed by atoms with Crippen LogP contribution in [0.5, 0.6) is 0 Å². The number of nitrogens with one attached hydrogen (secondary N) is 1. The number of hydrogen-bond acceptors (Lipinski definition) is 3. The van der Waals surface area contributed by atoms with Crippen LogP contribution in [0.4, 0.5) is 14.5 Å². The van der Waals surface area contributed by atoms with Gasteiger partial charge in [-0.15, -0.1) is 0 Å². The molecule has 8 heteroatoms. The van der Waals surface area contributed by atoms with Crippen LogP contribution in [0.3, 0.4) is 0 Å². The van der Waals surface area contributed by atoms with Crippen molar-refractivity contribution in [2.45, 2.75) is 13.1 Å². The fraction of sp³-hybridized carbons (Fsp3) is 0.160. The molecule has 1 saturated heterocycles. The number of piperazine rings is 1. The molecule has 3 aromatic carbocycles. The number of amides is 3. The molecule has 0 unspecified atom stereocenters. The molecule has 3 amide bonds. The Bertz CT molecular complexity index is 1180. The van der Waals surface area contributed by atoms with Gasteiger partial charge in [-0.05, 0) is 35.9 Å². The van der Waals surface area contributed by atoms with E-state index in [1.807, 2.05) is 18.2 Å². The van der Waals surface area contributed by atoms with Crippen LogP contribution in [-0.4, -0.2) is 35.7 Å². The van der Waals surface area contributed by atoms with E-state index < -0.39 is 29.4 Å². The summed E-state index contributed by atoms with van der Waals surface area (Å²) in [6.45, 7) is 0.963. The Hall–Kier alpha value is -4.07. The van der Waals surface area contributed by atoms with Gasteiger partial charge in [-0.3, -0.25) is 14.4 Å². The van der Waals surface area contributed by atoms with E-state index >= 15 is 0 Å². The molecule has 0 saturated carbocycles. The van der Waals surface area contributed by atoms with Crippen molar-refractivity contribution in [2.75, 3.05) is 18.0 Å². The first kappa shape index (κ1) is 22.1. The molecule has 1 aliphatic heterocycles. The Morgan fingerprint density at radius 3 is 2.30 bits per heavy atom. The summed E-state index contributed by atoms with van der Waals surface area (Å²) in [6.07, 6.45) is 0. The Labute approximate surface area is 189 Å². The Kier molecular flexibility index (Phi) is 6.44. The molecule has 1 N–H and O–H groups in total. The number of carbonyl (C=O) groups is 3. The van der Waals surface area contributed by atoms with Crippen LogP contribution in [0.1, 0.15) is 21.5 Å². The Morgan fingerprint density at radius 2 is 1.61 bits per heavy atom. The van der Waals surface area contributed by atoms with Crippen LogP contribution < -0.4 is 10.2 Å². The molecule has 1 heterocycles. The molecule has 168 valence electrons. The molecular formula is C25H21F2N3O3. The first-order valence-corrected chi connectivity index (χ1v) is 10.4. The summed E-state index contributed by atoms with van der Waals surface area (Å²) in [5, 5.41) is 2.59. The number of hydrogen-bond donors (Lipinski definition) is 1. The topological polar surface area (TPSA) is 69.7 Å². The lowest BCUT2D eigenvalue weighted by atomic mass is 10.1. The van der Waals surface area contributed by atoms with Gasteiger partial charge in [0.1, 0.15) is 11.6 Å². The zero-order chi connectivity index (χ0) is 23.4. The van der Waals surface area contributed by atoms with E-state index in [9.17, 15) is 23.2 Å². The highest BCUT2D eigenvalue weighted by Gasteiger charge is 2.33. The van der Waals surface area contributed by atoms with Gasteiger partial charge in [-0.1, -0.05) is 36.4 Å². The zero-order valence-electron chi connectivity index (χ0n) is 17.6. The average molecular weight is 449 g/mol. The molecule has 0 aromatic heterocycles. The summed E-state index contributed by atoms with van der Waals surface area (Å²) in [6, 6.07) is 18.8. The Morgan fingerprint density at radius 1 is 0.879 bits per heavy atom. The lowest BCUT2D eigenvalue weighted by Gasteiger charge is -2.33. The minimum Gasteiger partial charge on any atom is -0.348 e. The van der Waals surface area contributed by atoms with Crippen LogP contribution in [0.15, 0.2) is 72.8 Å².